The highest BCUT2D eigenvalue weighted by Crippen LogP contribution is 2.34. The molecule has 25 heavy (non-hydrogen) atoms. The first kappa shape index (κ1) is 19.2. The van der Waals surface area contributed by atoms with Crippen molar-refractivity contribution in [2.45, 2.75) is 20.0 Å². The summed E-state index contributed by atoms with van der Waals surface area (Å²) in [4.78, 5) is 27.6. The van der Waals surface area contributed by atoms with E-state index in [0.29, 0.717) is 10.6 Å². The number of nitrogens with one attached hydrogen (secondary N) is 2. The lowest BCUT2D eigenvalue weighted by molar-refractivity contribution is -0.137. The molecule has 0 spiro atoms. The Balaban J connectivity index is 2.42. The van der Waals surface area contributed by atoms with Gasteiger partial charge in [0.05, 0.1) is 16.9 Å². The van der Waals surface area contributed by atoms with Crippen LogP contribution in [0.3, 0.4) is 0 Å². The fourth-order valence-corrected chi connectivity index (χ4v) is 3.22. The van der Waals surface area contributed by atoms with E-state index in [-0.39, 0.29) is 33.2 Å². The molecule has 2 N–H and O–H groups in total. The van der Waals surface area contributed by atoms with E-state index in [1.165, 1.54) is 26.1 Å². The van der Waals surface area contributed by atoms with Gasteiger partial charge < -0.3 is 10.6 Å². The maximum atomic E-state index is 12.7. The minimum absolute atomic E-state index is 0.0389. The summed E-state index contributed by atoms with van der Waals surface area (Å²) in [5.74, 6) is -1.26. The molecule has 1 aromatic carbocycles. The SMILES string of the molecule is CNC(=O)c1cc(Cl)cc(C)c1NC(=O)c1sc(C(F)(F)F)nc1C. The van der Waals surface area contributed by atoms with Gasteiger partial charge in [-0.3, -0.25) is 9.59 Å². The number of aryl methyl sites for hydroxylation is 2. The number of halogens is 4. The van der Waals surface area contributed by atoms with Gasteiger partial charge in [-0.1, -0.05) is 11.6 Å². The summed E-state index contributed by atoms with van der Waals surface area (Å²) in [5.41, 5.74) is 0.745. The van der Waals surface area contributed by atoms with Gasteiger partial charge >= 0.3 is 6.18 Å². The van der Waals surface area contributed by atoms with E-state index in [2.05, 4.69) is 15.6 Å². The number of carbonyl (C=O) groups is 2. The first-order chi connectivity index (χ1) is 11.5. The average molecular weight is 392 g/mol. The van der Waals surface area contributed by atoms with Gasteiger partial charge in [0.2, 0.25) is 0 Å². The highest BCUT2D eigenvalue weighted by Gasteiger charge is 2.36. The van der Waals surface area contributed by atoms with Crippen LogP contribution in [0.1, 0.15) is 36.3 Å². The van der Waals surface area contributed by atoms with Crippen molar-refractivity contribution < 1.29 is 22.8 Å². The average Bonchev–Trinajstić information content (AvgIpc) is 2.91. The zero-order valence-corrected chi connectivity index (χ0v) is 14.9. The number of rotatable bonds is 3. The predicted octanol–water partition coefficient (Wildman–Crippen LogP) is 4.04. The minimum atomic E-state index is -4.63. The molecule has 0 radical (unpaired) electrons. The number of anilines is 1. The number of thiazole rings is 1. The molecule has 0 aliphatic carbocycles. The Kier molecular flexibility index (Phi) is 5.38. The number of hydrogen-bond donors (Lipinski definition) is 2. The molecule has 0 atom stereocenters. The van der Waals surface area contributed by atoms with Crippen LogP contribution >= 0.6 is 22.9 Å². The highest BCUT2D eigenvalue weighted by atomic mass is 35.5. The third kappa shape index (κ3) is 4.10. The van der Waals surface area contributed by atoms with Crippen LogP contribution < -0.4 is 10.6 Å². The van der Waals surface area contributed by atoms with Crippen molar-refractivity contribution in [2.24, 2.45) is 0 Å². The monoisotopic (exact) mass is 391 g/mol. The number of nitrogens with zero attached hydrogens (tertiary/aromatic N) is 1. The maximum absolute atomic E-state index is 12.7. The molecular formula is C15H13ClF3N3O2S. The molecule has 1 heterocycles. The van der Waals surface area contributed by atoms with E-state index in [9.17, 15) is 22.8 Å². The zero-order chi connectivity index (χ0) is 18.9. The van der Waals surface area contributed by atoms with Gasteiger partial charge in [0.1, 0.15) is 4.88 Å². The quantitative estimate of drug-likeness (QED) is 0.829. The summed E-state index contributed by atoms with van der Waals surface area (Å²) in [6.45, 7) is 2.93. The molecule has 0 fully saturated rings. The summed E-state index contributed by atoms with van der Waals surface area (Å²) < 4.78 is 38.2. The van der Waals surface area contributed by atoms with Gasteiger partial charge in [-0.15, -0.1) is 11.3 Å². The number of alkyl halides is 3. The molecule has 0 saturated heterocycles. The fraction of sp³-hybridized carbons (Fsp3) is 0.267. The van der Waals surface area contributed by atoms with Crippen LogP contribution in [0.4, 0.5) is 18.9 Å². The van der Waals surface area contributed by atoms with Crippen LogP contribution in [0.25, 0.3) is 0 Å². The molecule has 0 bridgehead atoms. The summed E-state index contributed by atoms with van der Waals surface area (Å²) in [6, 6.07) is 2.90. The molecule has 2 aromatic rings. The van der Waals surface area contributed by atoms with Crippen molar-refractivity contribution in [1.29, 1.82) is 0 Å². The van der Waals surface area contributed by atoms with E-state index in [0.717, 1.165) is 0 Å². The Hall–Kier alpha value is -2.13. The minimum Gasteiger partial charge on any atom is -0.355 e. The summed E-state index contributed by atoms with van der Waals surface area (Å²) >= 11 is 6.18. The van der Waals surface area contributed by atoms with Gasteiger partial charge in [0.15, 0.2) is 5.01 Å². The second-order valence-corrected chi connectivity index (χ2v) is 6.55. The number of hydrogen-bond acceptors (Lipinski definition) is 4. The van der Waals surface area contributed by atoms with Gasteiger partial charge in [0, 0.05) is 12.1 Å². The topological polar surface area (TPSA) is 71.1 Å². The van der Waals surface area contributed by atoms with Gasteiger partial charge in [-0.2, -0.15) is 13.2 Å². The lowest BCUT2D eigenvalue weighted by Gasteiger charge is -2.13. The van der Waals surface area contributed by atoms with Crippen LogP contribution in [0.15, 0.2) is 12.1 Å². The molecule has 0 aliphatic heterocycles. The lowest BCUT2D eigenvalue weighted by Crippen LogP contribution is -2.22. The summed E-state index contributed by atoms with van der Waals surface area (Å²) in [6.07, 6.45) is -4.63. The van der Waals surface area contributed by atoms with Crippen LogP contribution in [-0.2, 0) is 6.18 Å². The molecule has 134 valence electrons. The van der Waals surface area contributed by atoms with Gasteiger partial charge in [-0.05, 0) is 31.5 Å². The van der Waals surface area contributed by atoms with Crippen LogP contribution in [0, 0.1) is 13.8 Å². The first-order valence-corrected chi connectivity index (χ1v) is 8.12. The summed E-state index contributed by atoms with van der Waals surface area (Å²) in [5, 5.41) is 4.10. The molecule has 0 saturated carbocycles. The number of benzene rings is 1. The first-order valence-electron chi connectivity index (χ1n) is 6.92. The van der Waals surface area contributed by atoms with E-state index in [4.69, 9.17) is 11.6 Å². The standard InChI is InChI=1S/C15H13ClF3N3O2S/c1-6-4-8(16)5-9(12(23)20-3)10(6)22-13(24)11-7(2)21-14(25-11)15(17,18)19/h4-5H,1-3H3,(H,20,23)(H,22,24). The van der Waals surface area contributed by atoms with E-state index in [1.54, 1.807) is 6.92 Å². The Labute approximate surface area is 150 Å². The Morgan fingerprint density at radius 2 is 1.84 bits per heavy atom. The second kappa shape index (κ2) is 7.01. The Morgan fingerprint density at radius 1 is 1.20 bits per heavy atom. The van der Waals surface area contributed by atoms with Crippen molar-refractivity contribution in [1.82, 2.24) is 10.3 Å². The third-order valence-corrected chi connectivity index (χ3v) is 4.68. The van der Waals surface area contributed by atoms with Crippen LogP contribution in [0.5, 0.6) is 0 Å². The lowest BCUT2D eigenvalue weighted by atomic mass is 10.1. The van der Waals surface area contributed by atoms with Gasteiger partial charge in [0.25, 0.3) is 11.8 Å². The van der Waals surface area contributed by atoms with Gasteiger partial charge in [-0.25, -0.2) is 4.98 Å². The molecule has 0 aliphatic rings. The normalized spacial score (nSPS) is 11.3. The largest absolute Gasteiger partial charge is 0.443 e. The second-order valence-electron chi connectivity index (χ2n) is 5.11. The molecule has 0 unspecified atom stereocenters. The molecule has 10 heteroatoms. The number of carbonyl (C=O) groups excluding carboxylic acids is 2. The zero-order valence-electron chi connectivity index (χ0n) is 13.3. The van der Waals surface area contributed by atoms with Crippen molar-refractivity contribution in [3.8, 4) is 0 Å². The summed E-state index contributed by atoms with van der Waals surface area (Å²) in [7, 11) is 1.41. The molecule has 2 rings (SSSR count). The molecular weight excluding hydrogens is 379 g/mol. The smallest absolute Gasteiger partial charge is 0.355 e. The Bertz CT molecular complexity index is 849. The Morgan fingerprint density at radius 3 is 2.36 bits per heavy atom. The van der Waals surface area contributed by atoms with Crippen molar-refractivity contribution >= 4 is 40.4 Å². The molecule has 2 amide bonds. The third-order valence-electron chi connectivity index (χ3n) is 3.26. The fourth-order valence-electron chi connectivity index (χ4n) is 2.12. The number of aromatic nitrogens is 1. The predicted molar refractivity (Wildman–Crippen MR) is 89.4 cm³/mol. The van der Waals surface area contributed by atoms with Crippen molar-refractivity contribution in [3.05, 3.63) is 43.9 Å². The van der Waals surface area contributed by atoms with Crippen LogP contribution in [-0.4, -0.2) is 23.8 Å². The van der Waals surface area contributed by atoms with E-state index >= 15 is 0 Å². The maximum Gasteiger partial charge on any atom is 0.443 e. The van der Waals surface area contributed by atoms with E-state index < -0.39 is 23.0 Å². The molecule has 5 nitrogen and oxygen atoms in total. The molecule has 1 aromatic heterocycles. The highest BCUT2D eigenvalue weighted by molar-refractivity contribution is 7.14. The van der Waals surface area contributed by atoms with Crippen LogP contribution in [0.2, 0.25) is 5.02 Å². The van der Waals surface area contributed by atoms with Crippen molar-refractivity contribution in [2.75, 3.05) is 12.4 Å². The van der Waals surface area contributed by atoms with E-state index in [1.807, 2.05) is 0 Å². The van der Waals surface area contributed by atoms with Crippen molar-refractivity contribution in [3.63, 3.8) is 0 Å². The number of amides is 2.